The van der Waals surface area contributed by atoms with E-state index in [1.54, 1.807) is 0 Å². The summed E-state index contributed by atoms with van der Waals surface area (Å²) < 4.78 is 0. The molecule has 0 unspecified atom stereocenters. The van der Waals surface area contributed by atoms with E-state index in [2.05, 4.69) is 11.8 Å². The quantitative estimate of drug-likeness (QED) is 0.620. The summed E-state index contributed by atoms with van der Waals surface area (Å²) in [7, 11) is 2.05. The van der Waals surface area contributed by atoms with Crippen molar-refractivity contribution in [2.75, 3.05) is 20.1 Å². The molecule has 0 atom stereocenters. The molecule has 1 heterocycles. The van der Waals surface area contributed by atoms with E-state index >= 15 is 0 Å². The van der Waals surface area contributed by atoms with Gasteiger partial charge in [0.2, 0.25) is 0 Å². The normalized spacial score (nSPS) is 19.4. The third-order valence-corrected chi connectivity index (χ3v) is 2.27. The van der Waals surface area contributed by atoms with Crippen LogP contribution in [0.1, 0.15) is 20.8 Å². The van der Waals surface area contributed by atoms with Crippen LogP contribution >= 0.6 is 0 Å². The molecule has 12 heavy (non-hydrogen) atoms. The summed E-state index contributed by atoms with van der Waals surface area (Å²) in [5, 5.41) is 0. The first-order valence-electron chi connectivity index (χ1n) is 4.43. The Balaban J connectivity index is 2.76. The van der Waals surface area contributed by atoms with E-state index < -0.39 is 0 Å². The molecule has 0 bridgehead atoms. The van der Waals surface area contributed by atoms with Gasteiger partial charge in [0, 0.05) is 24.6 Å². The van der Waals surface area contributed by atoms with Gasteiger partial charge < -0.3 is 0 Å². The Bertz CT molecular complexity index is 228. The van der Waals surface area contributed by atoms with Gasteiger partial charge in [-0.25, -0.2) is 0 Å². The van der Waals surface area contributed by atoms with Gasteiger partial charge in [-0.05, 0) is 14.0 Å². The average molecular weight is 167 g/mol. The molecule has 1 aliphatic rings. The second kappa shape index (κ2) is 3.40. The summed E-state index contributed by atoms with van der Waals surface area (Å²) in [5.74, 6) is 0.457. The zero-order valence-corrected chi connectivity index (χ0v) is 8.35. The number of rotatable bonds is 2. The molecule has 0 aromatic heterocycles. The van der Waals surface area contributed by atoms with Crippen LogP contribution in [0.4, 0.5) is 0 Å². The van der Waals surface area contributed by atoms with Crippen molar-refractivity contribution in [3.63, 3.8) is 0 Å². The molecule has 0 saturated heterocycles. The average Bonchev–Trinajstić information content (AvgIpc) is 2.28. The topological polar surface area (TPSA) is 20.3 Å². The van der Waals surface area contributed by atoms with E-state index in [4.69, 9.17) is 0 Å². The van der Waals surface area contributed by atoms with Gasteiger partial charge in [0.25, 0.3) is 0 Å². The fourth-order valence-corrected chi connectivity index (χ4v) is 1.60. The first-order chi connectivity index (χ1) is 5.52. The maximum atomic E-state index is 11.6. The third-order valence-electron chi connectivity index (χ3n) is 2.27. The minimum absolute atomic E-state index is 0.140. The Labute approximate surface area is 74.2 Å². The Morgan fingerprint density at radius 2 is 2.00 bits per heavy atom. The maximum absolute atomic E-state index is 11.6. The van der Waals surface area contributed by atoms with Crippen molar-refractivity contribution >= 4 is 5.78 Å². The highest BCUT2D eigenvalue weighted by molar-refractivity contribution is 5.98. The summed E-state index contributed by atoms with van der Waals surface area (Å²) in [6.07, 6.45) is 0. The molecule has 2 heteroatoms. The van der Waals surface area contributed by atoms with Gasteiger partial charge >= 0.3 is 0 Å². The van der Waals surface area contributed by atoms with Crippen molar-refractivity contribution in [2.45, 2.75) is 20.8 Å². The highest BCUT2D eigenvalue weighted by Gasteiger charge is 2.22. The SMILES string of the molecule is CC1=C(C(=O)C(C)C)CN(C)C1. The van der Waals surface area contributed by atoms with Crippen molar-refractivity contribution in [1.82, 2.24) is 4.90 Å². The van der Waals surface area contributed by atoms with Gasteiger partial charge in [-0.3, -0.25) is 9.69 Å². The monoisotopic (exact) mass is 167 g/mol. The third kappa shape index (κ3) is 1.75. The van der Waals surface area contributed by atoms with Gasteiger partial charge in [-0.1, -0.05) is 19.4 Å². The molecule has 0 fully saturated rings. The van der Waals surface area contributed by atoms with E-state index in [9.17, 15) is 4.79 Å². The summed E-state index contributed by atoms with van der Waals surface area (Å²) in [4.78, 5) is 13.8. The Hall–Kier alpha value is -0.630. The summed E-state index contributed by atoms with van der Waals surface area (Å²) in [5.41, 5.74) is 2.28. The van der Waals surface area contributed by atoms with E-state index in [0.717, 1.165) is 18.7 Å². The van der Waals surface area contributed by atoms with Crippen molar-refractivity contribution in [2.24, 2.45) is 5.92 Å². The predicted molar refractivity (Wildman–Crippen MR) is 50.0 cm³/mol. The molecule has 1 rings (SSSR count). The van der Waals surface area contributed by atoms with Crippen molar-refractivity contribution in [3.8, 4) is 0 Å². The Kier molecular flexibility index (Phi) is 2.68. The van der Waals surface area contributed by atoms with Crippen LogP contribution in [0.3, 0.4) is 0 Å². The lowest BCUT2D eigenvalue weighted by Gasteiger charge is -2.08. The Morgan fingerprint density at radius 1 is 1.42 bits per heavy atom. The number of hydrogen-bond donors (Lipinski definition) is 0. The molecule has 0 saturated carbocycles. The lowest BCUT2D eigenvalue weighted by atomic mass is 9.99. The highest BCUT2D eigenvalue weighted by Crippen LogP contribution is 2.18. The van der Waals surface area contributed by atoms with Crippen LogP contribution in [0.15, 0.2) is 11.1 Å². The molecule has 0 N–H and O–H groups in total. The van der Waals surface area contributed by atoms with E-state index in [0.29, 0.717) is 5.78 Å². The number of ketones is 1. The summed E-state index contributed by atoms with van der Waals surface area (Å²) in [6, 6.07) is 0. The van der Waals surface area contributed by atoms with E-state index in [1.807, 2.05) is 20.9 Å². The molecule has 68 valence electrons. The Morgan fingerprint density at radius 3 is 2.33 bits per heavy atom. The van der Waals surface area contributed by atoms with Gasteiger partial charge in [0.15, 0.2) is 5.78 Å². The molecule has 2 nitrogen and oxygen atoms in total. The minimum Gasteiger partial charge on any atom is -0.298 e. The lowest BCUT2D eigenvalue weighted by Crippen LogP contribution is -2.18. The van der Waals surface area contributed by atoms with Crippen molar-refractivity contribution in [1.29, 1.82) is 0 Å². The largest absolute Gasteiger partial charge is 0.298 e. The van der Waals surface area contributed by atoms with Crippen molar-refractivity contribution in [3.05, 3.63) is 11.1 Å². The molecule has 0 aromatic rings. The zero-order valence-electron chi connectivity index (χ0n) is 8.35. The standard InChI is InChI=1S/C10H17NO/c1-7(2)10(12)9-6-11(4)5-8(9)3/h7H,5-6H2,1-4H3. The van der Waals surface area contributed by atoms with Gasteiger partial charge in [0.1, 0.15) is 0 Å². The van der Waals surface area contributed by atoms with Crippen molar-refractivity contribution < 1.29 is 4.79 Å². The molecular formula is C10H17NO. The number of likely N-dealkylation sites (N-methyl/N-ethyl adjacent to an activating group) is 1. The summed E-state index contributed by atoms with van der Waals surface area (Å²) >= 11 is 0. The lowest BCUT2D eigenvalue weighted by molar-refractivity contribution is -0.118. The molecule has 0 amide bonds. The fraction of sp³-hybridized carbons (Fsp3) is 0.700. The van der Waals surface area contributed by atoms with Gasteiger partial charge in [-0.2, -0.15) is 0 Å². The molecule has 0 spiro atoms. The number of hydrogen-bond acceptors (Lipinski definition) is 2. The van der Waals surface area contributed by atoms with Crippen LogP contribution in [0.25, 0.3) is 0 Å². The van der Waals surface area contributed by atoms with E-state index in [1.165, 1.54) is 5.57 Å². The van der Waals surface area contributed by atoms with Gasteiger partial charge in [-0.15, -0.1) is 0 Å². The minimum atomic E-state index is 0.140. The van der Waals surface area contributed by atoms with Crippen LogP contribution < -0.4 is 0 Å². The van der Waals surface area contributed by atoms with E-state index in [-0.39, 0.29) is 5.92 Å². The van der Waals surface area contributed by atoms with Crippen LogP contribution in [0.2, 0.25) is 0 Å². The predicted octanol–water partition coefficient (Wildman–Crippen LogP) is 1.47. The molecule has 0 aliphatic carbocycles. The van der Waals surface area contributed by atoms with Gasteiger partial charge in [0.05, 0.1) is 0 Å². The summed E-state index contributed by atoms with van der Waals surface area (Å²) in [6.45, 7) is 7.76. The van der Waals surface area contributed by atoms with Crippen LogP contribution in [0, 0.1) is 5.92 Å². The molecule has 0 radical (unpaired) electrons. The second-order valence-electron chi connectivity index (χ2n) is 3.95. The zero-order chi connectivity index (χ0) is 9.30. The number of Topliss-reactive ketones (excluding diaryl/α,β-unsaturated/α-hetero) is 1. The smallest absolute Gasteiger partial charge is 0.162 e. The fourth-order valence-electron chi connectivity index (χ4n) is 1.60. The van der Waals surface area contributed by atoms with Crippen LogP contribution in [-0.2, 0) is 4.79 Å². The molecule has 0 aromatic carbocycles. The first-order valence-corrected chi connectivity index (χ1v) is 4.43. The number of carbonyl (C=O) groups excluding carboxylic acids is 1. The number of carbonyl (C=O) groups is 1. The maximum Gasteiger partial charge on any atom is 0.162 e. The van der Waals surface area contributed by atoms with Crippen LogP contribution in [0.5, 0.6) is 0 Å². The second-order valence-corrected chi connectivity index (χ2v) is 3.95. The number of nitrogens with zero attached hydrogens (tertiary/aromatic N) is 1. The highest BCUT2D eigenvalue weighted by atomic mass is 16.1. The van der Waals surface area contributed by atoms with Crippen LogP contribution in [-0.4, -0.2) is 30.8 Å². The molecule has 1 aliphatic heterocycles. The first kappa shape index (κ1) is 9.46. The molecular weight excluding hydrogens is 150 g/mol.